The van der Waals surface area contributed by atoms with Gasteiger partial charge in [0.25, 0.3) is 0 Å². The topological polar surface area (TPSA) is 43.4 Å². The van der Waals surface area contributed by atoms with Crippen LogP contribution in [0.25, 0.3) is 21.9 Å². The molecule has 0 unspecified atom stereocenters. The highest BCUT2D eigenvalue weighted by Gasteiger charge is 2.22. The average Bonchev–Trinajstić information content (AvgIpc) is 3.06. The van der Waals surface area contributed by atoms with E-state index >= 15 is 0 Å². The largest absolute Gasteiger partial charge is 0.460 e. The van der Waals surface area contributed by atoms with Gasteiger partial charge in [0.05, 0.1) is 0 Å². The van der Waals surface area contributed by atoms with Crippen molar-refractivity contribution >= 4 is 21.9 Å². The quantitative estimate of drug-likeness (QED) is 0.436. The highest BCUT2D eigenvalue weighted by Crippen LogP contribution is 2.38. The summed E-state index contributed by atoms with van der Waals surface area (Å²) < 4.78 is 12.0. The second kappa shape index (κ2) is 6.12. The van der Waals surface area contributed by atoms with Gasteiger partial charge in [0.2, 0.25) is 0 Å². The minimum absolute atomic E-state index is 0.248. The average molecular weight is 358 g/mol. The molecule has 2 aromatic heterocycles. The number of benzene rings is 2. The lowest BCUT2D eigenvalue weighted by atomic mass is 9.93. The highest BCUT2D eigenvalue weighted by atomic mass is 16.4. The molecule has 1 aliphatic rings. The Morgan fingerprint density at radius 2 is 1.63 bits per heavy atom. The van der Waals surface area contributed by atoms with Gasteiger partial charge in [-0.15, -0.1) is 0 Å². The number of hydrogen-bond acceptors (Lipinski definition) is 3. The number of aryl methyl sites for hydroxylation is 4. The second-order valence-electron chi connectivity index (χ2n) is 7.62. The normalized spacial score (nSPS) is 14.0. The number of hydrogen-bond donors (Lipinski definition) is 0. The van der Waals surface area contributed by atoms with Gasteiger partial charge < -0.3 is 8.83 Å². The highest BCUT2D eigenvalue weighted by molar-refractivity contribution is 6.00. The van der Waals surface area contributed by atoms with Crippen molar-refractivity contribution in [3.63, 3.8) is 0 Å². The molecular weight excluding hydrogens is 336 g/mol. The Kier molecular flexibility index (Phi) is 3.71. The molecule has 0 radical (unpaired) electrons. The van der Waals surface area contributed by atoms with Crippen LogP contribution in [0.2, 0.25) is 0 Å². The van der Waals surface area contributed by atoms with Crippen LogP contribution in [0.15, 0.2) is 50.0 Å². The smallest absolute Gasteiger partial charge is 0.340 e. The molecule has 0 spiro atoms. The zero-order valence-electron chi connectivity index (χ0n) is 15.7. The third-order valence-corrected chi connectivity index (χ3v) is 5.95. The summed E-state index contributed by atoms with van der Waals surface area (Å²) in [5, 5.41) is 2.22. The summed E-state index contributed by atoms with van der Waals surface area (Å²) in [5.41, 5.74) is 6.44. The Hall–Kier alpha value is -2.81. The van der Waals surface area contributed by atoms with Crippen molar-refractivity contribution in [2.24, 2.45) is 0 Å². The Labute approximate surface area is 157 Å². The van der Waals surface area contributed by atoms with Gasteiger partial charge in [-0.3, -0.25) is 0 Å². The molecule has 0 aliphatic heterocycles. The SMILES string of the molecule is Cc1c(Cc2ccccc2)c(=O)oc2c(C)c3oc4c(c3cc12)CCCC4. The fourth-order valence-electron chi connectivity index (χ4n) is 4.42. The van der Waals surface area contributed by atoms with Crippen molar-refractivity contribution in [1.82, 2.24) is 0 Å². The first-order valence-corrected chi connectivity index (χ1v) is 9.67. The van der Waals surface area contributed by atoms with Crippen LogP contribution in [0, 0.1) is 13.8 Å². The molecule has 0 atom stereocenters. The first-order valence-electron chi connectivity index (χ1n) is 9.67. The molecule has 27 heavy (non-hydrogen) atoms. The first kappa shape index (κ1) is 16.4. The predicted octanol–water partition coefficient (Wildman–Crippen LogP) is 5.63. The Morgan fingerprint density at radius 3 is 2.44 bits per heavy atom. The summed E-state index contributed by atoms with van der Waals surface area (Å²) in [4.78, 5) is 12.7. The molecule has 1 aliphatic carbocycles. The molecule has 0 amide bonds. The third-order valence-electron chi connectivity index (χ3n) is 5.95. The van der Waals surface area contributed by atoms with Gasteiger partial charge in [0, 0.05) is 40.3 Å². The molecule has 0 saturated heterocycles. The summed E-state index contributed by atoms with van der Waals surface area (Å²) in [6, 6.07) is 12.3. The van der Waals surface area contributed by atoms with Crippen molar-refractivity contribution in [3.8, 4) is 0 Å². The van der Waals surface area contributed by atoms with Gasteiger partial charge in [-0.25, -0.2) is 4.79 Å². The van der Waals surface area contributed by atoms with E-state index in [1.807, 2.05) is 44.2 Å². The maximum absolute atomic E-state index is 12.7. The molecule has 3 nitrogen and oxygen atoms in total. The van der Waals surface area contributed by atoms with Gasteiger partial charge in [-0.05, 0) is 50.3 Å². The van der Waals surface area contributed by atoms with Crippen molar-refractivity contribution < 1.29 is 8.83 Å². The van der Waals surface area contributed by atoms with E-state index < -0.39 is 0 Å². The number of rotatable bonds is 2. The zero-order valence-corrected chi connectivity index (χ0v) is 15.7. The van der Waals surface area contributed by atoms with E-state index in [2.05, 4.69) is 6.07 Å². The molecule has 136 valence electrons. The van der Waals surface area contributed by atoms with Crippen LogP contribution < -0.4 is 5.63 Å². The maximum atomic E-state index is 12.7. The standard InChI is InChI=1S/C24H22O3/c1-14-18-13-20-17-10-6-7-11-21(17)26-23(20)15(2)22(18)27-24(25)19(14)12-16-8-4-3-5-9-16/h3-5,8-9,13H,6-7,10-12H2,1-2H3. The summed E-state index contributed by atoms with van der Waals surface area (Å²) in [6.45, 7) is 4.04. The monoisotopic (exact) mass is 358 g/mol. The lowest BCUT2D eigenvalue weighted by molar-refractivity contribution is 0.503. The fraction of sp³-hybridized carbons (Fsp3) is 0.292. The van der Waals surface area contributed by atoms with Crippen LogP contribution in [-0.2, 0) is 19.3 Å². The molecule has 0 fully saturated rings. The maximum Gasteiger partial charge on any atom is 0.340 e. The van der Waals surface area contributed by atoms with E-state index in [-0.39, 0.29) is 5.63 Å². The third kappa shape index (κ3) is 2.53. The van der Waals surface area contributed by atoms with Crippen molar-refractivity contribution in [2.45, 2.75) is 46.0 Å². The van der Waals surface area contributed by atoms with E-state index in [0.717, 1.165) is 51.8 Å². The van der Waals surface area contributed by atoms with E-state index in [1.165, 1.54) is 23.8 Å². The summed E-state index contributed by atoms with van der Waals surface area (Å²) in [7, 11) is 0. The lowest BCUT2D eigenvalue weighted by Crippen LogP contribution is -2.11. The fourth-order valence-corrected chi connectivity index (χ4v) is 4.42. The predicted molar refractivity (Wildman–Crippen MR) is 108 cm³/mol. The first-order chi connectivity index (χ1) is 13.1. The van der Waals surface area contributed by atoms with Gasteiger partial charge in [0.15, 0.2) is 0 Å². The van der Waals surface area contributed by atoms with Gasteiger partial charge >= 0.3 is 5.63 Å². The summed E-state index contributed by atoms with van der Waals surface area (Å²) >= 11 is 0. The number of fused-ring (bicyclic) bond motifs is 4. The lowest BCUT2D eigenvalue weighted by Gasteiger charge is -2.11. The van der Waals surface area contributed by atoms with Crippen LogP contribution in [0.1, 0.15) is 46.4 Å². The Balaban J connectivity index is 1.77. The Morgan fingerprint density at radius 1 is 0.889 bits per heavy atom. The van der Waals surface area contributed by atoms with Crippen LogP contribution in [0.4, 0.5) is 0 Å². The molecule has 0 saturated carbocycles. The van der Waals surface area contributed by atoms with E-state index in [0.29, 0.717) is 12.0 Å². The van der Waals surface area contributed by atoms with E-state index in [1.54, 1.807) is 0 Å². The van der Waals surface area contributed by atoms with Crippen molar-refractivity contribution in [1.29, 1.82) is 0 Å². The summed E-state index contributed by atoms with van der Waals surface area (Å²) in [6.07, 6.45) is 5.05. The van der Waals surface area contributed by atoms with Gasteiger partial charge in [0.1, 0.15) is 16.9 Å². The van der Waals surface area contributed by atoms with Gasteiger partial charge in [-0.1, -0.05) is 30.3 Å². The van der Waals surface area contributed by atoms with Crippen molar-refractivity contribution in [2.75, 3.05) is 0 Å². The molecular formula is C24H22O3. The zero-order chi connectivity index (χ0) is 18.5. The van der Waals surface area contributed by atoms with Crippen LogP contribution in [-0.4, -0.2) is 0 Å². The van der Waals surface area contributed by atoms with Crippen LogP contribution >= 0.6 is 0 Å². The molecule has 3 heteroatoms. The molecule has 0 bridgehead atoms. The van der Waals surface area contributed by atoms with Gasteiger partial charge in [-0.2, -0.15) is 0 Å². The molecule has 2 aromatic carbocycles. The summed E-state index contributed by atoms with van der Waals surface area (Å²) in [5.74, 6) is 1.11. The minimum Gasteiger partial charge on any atom is -0.460 e. The van der Waals surface area contributed by atoms with Crippen LogP contribution in [0.5, 0.6) is 0 Å². The second-order valence-corrected chi connectivity index (χ2v) is 7.62. The molecule has 0 N–H and O–H groups in total. The molecule has 2 heterocycles. The van der Waals surface area contributed by atoms with Crippen molar-refractivity contribution in [3.05, 3.63) is 80.4 Å². The molecule has 5 rings (SSSR count). The van der Waals surface area contributed by atoms with Crippen LogP contribution in [0.3, 0.4) is 0 Å². The van der Waals surface area contributed by atoms with E-state index in [4.69, 9.17) is 8.83 Å². The number of furan rings is 1. The minimum atomic E-state index is -0.248. The molecule has 4 aromatic rings. The van der Waals surface area contributed by atoms with E-state index in [9.17, 15) is 4.79 Å². The Bertz CT molecular complexity index is 1230.